The van der Waals surface area contributed by atoms with E-state index in [4.69, 9.17) is 0 Å². The van der Waals surface area contributed by atoms with Crippen LogP contribution in [0.3, 0.4) is 0 Å². The first kappa shape index (κ1) is 12.4. The summed E-state index contributed by atoms with van der Waals surface area (Å²) in [6.07, 6.45) is 1.16. The molecule has 1 aromatic heterocycles. The third-order valence-corrected chi connectivity index (χ3v) is 3.38. The molecule has 0 bridgehead atoms. The zero-order valence-electron chi connectivity index (χ0n) is 10.9. The van der Waals surface area contributed by atoms with Crippen LogP contribution in [-0.2, 0) is 17.8 Å². The highest BCUT2D eigenvalue weighted by Gasteiger charge is 2.10. The molecule has 0 aliphatic heterocycles. The number of benzene rings is 2. The number of carbonyl (C=O) groups is 1. The third-order valence-electron chi connectivity index (χ3n) is 3.38. The van der Waals surface area contributed by atoms with E-state index >= 15 is 0 Å². The number of rotatable bonds is 4. The number of aromatic amines is 1. The van der Waals surface area contributed by atoms with E-state index in [2.05, 4.69) is 4.98 Å². The summed E-state index contributed by atoms with van der Waals surface area (Å²) in [4.78, 5) is 25.7. The fourth-order valence-corrected chi connectivity index (χ4v) is 2.42. The van der Waals surface area contributed by atoms with E-state index in [1.807, 2.05) is 48.5 Å². The van der Waals surface area contributed by atoms with Gasteiger partial charge in [0.2, 0.25) is 0 Å². The fraction of sp³-hybridized carbons (Fsp3) is 0.125. The second kappa shape index (κ2) is 5.17. The summed E-state index contributed by atoms with van der Waals surface area (Å²) < 4.78 is 1.69. The van der Waals surface area contributed by atoms with Gasteiger partial charge in [-0.25, -0.2) is 4.79 Å². The van der Waals surface area contributed by atoms with Crippen LogP contribution in [0.2, 0.25) is 0 Å². The number of hydrogen-bond acceptors (Lipinski definition) is 2. The number of aromatic nitrogens is 2. The number of hydrogen-bond donors (Lipinski definition) is 1. The van der Waals surface area contributed by atoms with Crippen molar-refractivity contribution in [1.29, 1.82) is 0 Å². The molecule has 3 rings (SSSR count). The Labute approximate surface area is 115 Å². The number of fused-ring (bicyclic) bond motifs is 1. The topological polar surface area (TPSA) is 54.9 Å². The Balaban J connectivity index is 2.12. The van der Waals surface area contributed by atoms with Gasteiger partial charge in [0.25, 0.3) is 0 Å². The number of nitrogens with one attached hydrogen (secondary N) is 1. The molecule has 4 heteroatoms. The molecule has 3 aromatic rings. The van der Waals surface area contributed by atoms with Gasteiger partial charge in [-0.2, -0.15) is 0 Å². The molecule has 20 heavy (non-hydrogen) atoms. The minimum atomic E-state index is -0.151. The van der Waals surface area contributed by atoms with Crippen LogP contribution < -0.4 is 5.69 Å². The standard InChI is InChI=1S/C16H14N2O2/c19-10-9-13-7-4-8-14-15(13)17-16(20)18(14)11-12-5-2-1-3-6-12/h1-8,10H,9,11H2,(H,17,20). The molecule has 0 radical (unpaired) electrons. The smallest absolute Gasteiger partial charge is 0.305 e. The predicted molar refractivity (Wildman–Crippen MR) is 77.9 cm³/mol. The van der Waals surface area contributed by atoms with E-state index in [9.17, 15) is 9.59 Å². The molecule has 0 spiro atoms. The van der Waals surface area contributed by atoms with Gasteiger partial charge < -0.3 is 9.78 Å². The van der Waals surface area contributed by atoms with Crippen LogP contribution in [0.15, 0.2) is 53.3 Å². The predicted octanol–water partition coefficient (Wildman–Crippen LogP) is 2.12. The minimum absolute atomic E-state index is 0.151. The van der Waals surface area contributed by atoms with Crippen LogP contribution in [0.5, 0.6) is 0 Å². The van der Waals surface area contributed by atoms with Crippen LogP contribution in [0.1, 0.15) is 11.1 Å². The highest BCUT2D eigenvalue weighted by atomic mass is 16.1. The molecule has 0 atom stereocenters. The Morgan fingerprint density at radius 2 is 1.85 bits per heavy atom. The summed E-state index contributed by atoms with van der Waals surface area (Å²) in [5.41, 5.74) is 3.35. The van der Waals surface area contributed by atoms with Crippen molar-refractivity contribution in [3.63, 3.8) is 0 Å². The van der Waals surface area contributed by atoms with E-state index < -0.39 is 0 Å². The first-order chi connectivity index (χ1) is 9.79. The molecule has 100 valence electrons. The minimum Gasteiger partial charge on any atom is -0.305 e. The highest BCUT2D eigenvalue weighted by Crippen LogP contribution is 2.16. The monoisotopic (exact) mass is 266 g/mol. The van der Waals surface area contributed by atoms with Gasteiger partial charge in [0.15, 0.2) is 0 Å². The van der Waals surface area contributed by atoms with Crippen LogP contribution in [0.4, 0.5) is 0 Å². The molecule has 0 aliphatic rings. The van der Waals surface area contributed by atoms with Crippen molar-refractivity contribution in [3.05, 3.63) is 70.1 Å². The van der Waals surface area contributed by atoms with Crippen molar-refractivity contribution < 1.29 is 4.79 Å². The lowest BCUT2D eigenvalue weighted by Gasteiger charge is -2.04. The molecular weight excluding hydrogens is 252 g/mol. The van der Waals surface area contributed by atoms with Gasteiger partial charge in [-0.3, -0.25) is 4.57 Å². The molecule has 0 unspecified atom stereocenters. The second-order valence-electron chi connectivity index (χ2n) is 4.68. The Morgan fingerprint density at radius 1 is 1.05 bits per heavy atom. The van der Waals surface area contributed by atoms with Gasteiger partial charge in [-0.15, -0.1) is 0 Å². The van der Waals surface area contributed by atoms with E-state index in [0.29, 0.717) is 13.0 Å². The molecule has 0 fully saturated rings. The van der Waals surface area contributed by atoms with E-state index in [1.54, 1.807) is 4.57 Å². The Morgan fingerprint density at radius 3 is 2.60 bits per heavy atom. The van der Waals surface area contributed by atoms with Crippen molar-refractivity contribution in [3.8, 4) is 0 Å². The summed E-state index contributed by atoms with van der Waals surface area (Å²) in [6, 6.07) is 15.4. The first-order valence-electron chi connectivity index (χ1n) is 6.47. The van der Waals surface area contributed by atoms with E-state index in [1.165, 1.54) is 0 Å². The lowest BCUT2D eigenvalue weighted by Crippen LogP contribution is -2.17. The van der Waals surface area contributed by atoms with Gasteiger partial charge in [-0.1, -0.05) is 42.5 Å². The molecule has 2 aromatic carbocycles. The van der Waals surface area contributed by atoms with Gasteiger partial charge in [0.1, 0.15) is 6.29 Å². The van der Waals surface area contributed by atoms with E-state index in [-0.39, 0.29) is 5.69 Å². The number of para-hydroxylation sites is 1. The van der Waals surface area contributed by atoms with Gasteiger partial charge in [0.05, 0.1) is 17.6 Å². The van der Waals surface area contributed by atoms with E-state index in [0.717, 1.165) is 28.4 Å². The van der Waals surface area contributed by atoms with Crippen molar-refractivity contribution >= 4 is 17.3 Å². The number of H-pyrrole nitrogens is 1. The lowest BCUT2D eigenvalue weighted by molar-refractivity contribution is -0.107. The van der Waals surface area contributed by atoms with Crippen LogP contribution >= 0.6 is 0 Å². The van der Waals surface area contributed by atoms with Crippen LogP contribution in [0.25, 0.3) is 11.0 Å². The number of aldehydes is 1. The largest absolute Gasteiger partial charge is 0.326 e. The zero-order valence-corrected chi connectivity index (χ0v) is 10.9. The molecule has 0 aliphatic carbocycles. The maximum absolute atomic E-state index is 12.1. The average Bonchev–Trinajstić information content (AvgIpc) is 2.78. The number of carbonyl (C=O) groups excluding carboxylic acids is 1. The van der Waals surface area contributed by atoms with Gasteiger partial charge >= 0.3 is 5.69 Å². The van der Waals surface area contributed by atoms with Crippen molar-refractivity contribution in [2.24, 2.45) is 0 Å². The van der Waals surface area contributed by atoms with Crippen molar-refractivity contribution in [2.45, 2.75) is 13.0 Å². The quantitative estimate of drug-likeness (QED) is 0.735. The number of imidazole rings is 1. The molecule has 1 N–H and O–H groups in total. The molecule has 4 nitrogen and oxygen atoms in total. The summed E-state index contributed by atoms with van der Waals surface area (Å²) in [5, 5.41) is 0. The fourth-order valence-electron chi connectivity index (χ4n) is 2.42. The molecule has 0 saturated carbocycles. The molecule has 0 saturated heterocycles. The number of nitrogens with zero attached hydrogens (tertiary/aromatic N) is 1. The Kier molecular flexibility index (Phi) is 3.21. The average molecular weight is 266 g/mol. The normalized spacial score (nSPS) is 10.8. The molecule has 0 amide bonds. The van der Waals surface area contributed by atoms with Crippen molar-refractivity contribution in [2.75, 3.05) is 0 Å². The van der Waals surface area contributed by atoms with Gasteiger partial charge in [-0.05, 0) is 17.2 Å². The summed E-state index contributed by atoms with van der Waals surface area (Å²) in [7, 11) is 0. The first-order valence-corrected chi connectivity index (χ1v) is 6.47. The SMILES string of the molecule is O=CCc1cccc2c1[nH]c(=O)n2Cc1ccccc1. The maximum Gasteiger partial charge on any atom is 0.326 e. The zero-order chi connectivity index (χ0) is 13.9. The second-order valence-corrected chi connectivity index (χ2v) is 4.68. The molecule has 1 heterocycles. The van der Waals surface area contributed by atoms with Gasteiger partial charge in [0, 0.05) is 6.42 Å². The lowest BCUT2D eigenvalue weighted by atomic mass is 10.1. The van der Waals surface area contributed by atoms with Crippen LogP contribution in [-0.4, -0.2) is 15.8 Å². The Bertz CT molecular complexity index is 800. The van der Waals surface area contributed by atoms with Crippen LogP contribution in [0, 0.1) is 0 Å². The maximum atomic E-state index is 12.1. The third kappa shape index (κ3) is 2.16. The summed E-state index contributed by atoms with van der Waals surface area (Å²) >= 11 is 0. The molecular formula is C16H14N2O2. The van der Waals surface area contributed by atoms with Crippen molar-refractivity contribution in [1.82, 2.24) is 9.55 Å². The Hall–Kier alpha value is -2.62. The summed E-state index contributed by atoms with van der Waals surface area (Å²) in [5.74, 6) is 0. The highest BCUT2D eigenvalue weighted by molar-refractivity contribution is 5.81. The summed E-state index contributed by atoms with van der Waals surface area (Å²) in [6.45, 7) is 0.518.